The summed E-state index contributed by atoms with van der Waals surface area (Å²) in [4.78, 5) is 10.1. The van der Waals surface area contributed by atoms with Gasteiger partial charge in [-0.3, -0.25) is 4.79 Å². The van der Waals surface area contributed by atoms with Gasteiger partial charge in [0.25, 0.3) is 0 Å². The van der Waals surface area contributed by atoms with Crippen molar-refractivity contribution < 1.29 is 9.90 Å². The Hall–Kier alpha value is -0.790. The molecule has 0 aliphatic carbocycles. The molecule has 0 rings (SSSR count). The third kappa shape index (κ3) is 5.35. The largest absolute Gasteiger partial charge is 0.481 e. The van der Waals surface area contributed by atoms with Gasteiger partial charge in [-0.2, -0.15) is 0 Å². The molecular formula is C8H13O2. The standard InChI is InChI=1S/C8H13O2/c1-3-4-5-7(2)6-8(9)10/h2H,3-6H2,1H3,(H,9,10). The van der Waals surface area contributed by atoms with Crippen molar-refractivity contribution in [1.29, 1.82) is 0 Å². The van der Waals surface area contributed by atoms with E-state index in [0.29, 0.717) is 5.57 Å². The average molecular weight is 141 g/mol. The molecule has 0 aromatic carbocycles. The average Bonchev–Trinajstić information content (AvgIpc) is 1.82. The van der Waals surface area contributed by atoms with Gasteiger partial charge in [0.15, 0.2) is 0 Å². The van der Waals surface area contributed by atoms with Crippen molar-refractivity contribution in [3.05, 3.63) is 12.2 Å². The zero-order valence-electron chi connectivity index (χ0n) is 6.26. The highest BCUT2D eigenvalue weighted by Crippen LogP contribution is 2.07. The molecule has 10 heavy (non-hydrogen) atoms. The number of rotatable bonds is 5. The highest BCUT2D eigenvalue weighted by molar-refractivity contribution is 5.69. The Morgan fingerprint density at radius 1 is 1.60 bits per heavy atom. The summed E-state index contributed by atoms with van der Waals surface area (Å²) in [5.41, 5.74) is 0.578. The molecule has 0 aliphatic heterocycles. The van der Waals surface area contributed by atoms with Crippen LogP contribution in [0.3, 0.4) is 0 Å². The molecule has 0 atom stereocenters. The molecule has 0 saturated heterocycles. The van der Waals surface area contributed by atoms with Gasteiger partial charge < -0.3 is 5.11 Å². The molecule has 2 nitrogen and oxygen atoms in total. The number of carbonyl (C=O) groups is 1. The molecule has 0 aliphatic rings. The van der Waals surface area contributed by atoms with Crippen molar-refractivity contribution >= 4 is 5.97 Å². The summed E-state index contributed by atoms with van der Waals surface area (Å²) >= 11 is 0. The van der Waals surface area contributed by atoms with E-state index in [1.807, 2.05) is 6.92 Å². The third-order valence-electron chi connectivity index (χ3n) is 1.23. The molecule has 0 amide bonds. The minimum absolute atomic E-state index is 0.0139. The normalized spacial score (nSPS) is 9.30. The number of hydrogen-bond donors (Lipinski definition) is 1. The van der Waals surface area contributed by atoms with Crippen LogP contribution in [0.1, 0.15) is 32.6 Å². The van der Waals surface area contributed by atoms with Gasteiger partial charge in [0, 0.05) is 0 Å². The van der Waals surface area contributed by atoms with Crippen LogP contribution in [0, 0.1) is 6.58 Å². The highest BCUT2D eigenvalue weighted by Gasteiger charge is 1.99. The molecule has 0 fully saturated rings. The third-order valence-corrected chi connectivity index (χ3v) is 1.23. The van der Waals surface area contributed by atoms with E-state index in [1.54, 1.807) is 0 Å². The fraction of sp³-hybridized carbons (Fsp3) is 0.625. The fourth-order valence-electron chi connectivity index (χ4n) is 0.686. The lowest BCUT2D eigenvalue weighted by Gasteiger charge is -1.98. The molecule has 2 heteroatoms. The van der Waals surface area contributed by atoms with E-state index >= 15 is 0 Å². The molecule has 1 radical (unpaired) electrons. The Morgan fingerprint density at radius 2 is 2.20 bits per heavy atom. The number of hydrogen-bond acceptors (Lipinski definition) is 1. The second kappa shape index (κ2) is 5.03. The molecule has 0 aromatic rings. The summed E-state index contributed by atoms with van der Waals surface area (Å²) in [6.45, 7) is 7.45. The highest BCUT2D eigenvalue weighted by atomic mass is 16.4. The van der Waals surface area contributed by atoms with Gasteiger partial charge in [0.2, 0.25) is 0 Å². The van der Waals surface area contributed by atoms with Crippen LogP contribution in [0.15, 0.2) is 5.57 Å². The fourth-order valence-corrected chi connectivity index (χ4v) is 0.686. The predicted molar refractivity (Wildman–Crippen MR) is 39.6 cm³/mol. The lowest BCUT2D eigenvalue weighted by molar-refractivity contribution is -0.136. The van der Waals surface area contributed by atoms with Crippen LogP contribution in [0.4, 0.5) is 0 Å². The van der Waals surface area contributed by atoms with E-state index < -0.39 is 5.97 Å². The summed E-state index contributed by atoms with van der Waals surface area (Å²) < 4.78 is 0. The number of unbranched alkanes of at least 4 members (excludes halogenated alkanes) is 1. The van der Waals surface area contributed by atoms with Gasteiger partial charge in [0.1, 0.15) is 0 Å². The second-order valence-corrected chi connectivity index (χ2v) is 2.33. The van der Waals surface area contributed by atoms with E-state index in [-0.39, 0.29) is 6.42 Å². The molecule has 0 unspecified atom stereocenters. The maximum atomic E-state index is 10.1. The number of carboxylic acid groups (broad SMARTS) is 1. The first-order valence-electron chi connectivity index (χ1n) is 3.48. The minimum Gasteiger partial charge on any atom is -0.481 e. The first kappa shape index (κ1) is 9.21. The van der Waals surface area contributed by atoms with Gasteiger partial charge in [-0.05, 0) is 12.8 Å². The first-order chi connectivity index (χ1) is 4.66. The maximum Gasteiger partial charge on any atom is 0.307 e. The summed E-state index contributed by atoms with van der Waals surface area (Å²) in [6, 6.07) is 0. The van der Waals surface area contributed by atoms with Gasteiger partial charge in [0.05, 0.1) is 6.42 Å². The summed E-state index contributed by atoms with van der Waals surface area (Å²) in [5.74, 6) is -0.839. The van der Waals surface area contributed by atoms with E-state index in [4.69, 9.17) is 11.7 Å². The van der Waals surface area contributed by atoms with Crippen molar-refractivity contribution in [1.82, 2.24) is 0 Å². The lowest BCUT2D eigenvalue weighted by atomic mass is 10.1. The molecule has 57 valence electrons. The zero-order chi connectivity index (χ0) is 7.98. The van der Waals surface area contributed by atoms with Crippen LogP contribution in [-0.2, 0) is 4.79 Å². The molecule has 0 saturated carbocycles. The second-order valence-electron chi connectivity index (χ2n) is 2.33. The summed E-state index contributed by atoms with van der Waals surface area (Å²) in [5, 5.41) is 8.28. The lowest BCUT2D eigenvalue weighted by Crippen LogP contribution is -1.96. The van der Waals surface area contributed by atoms with Crippen LogP contribution >= 0.6 is 0 Å². The van der Waals surface area contributed by atoms with E-state index in [9.17, 15) is 4.79 Å². The van der Waals surface area contributed by atoms with Crippen molar-refractivity contribution in [3.63, 3.8) is 0 Å². The van der Waals surface area contributed by atoms with Crippen molar-refractivity contribution in [2.24, 2.45) is 0 Å². The number of carboxylic acids is 1. The SMILES string of the molecule is [CH]=C(CCCC)CC(=O)O. The first-order valence-corrected chi connectivity index (χ1v) is 3.48. The Morgan fingerprint density at radius 3 is 2.60 bits per heavy atom. The van der Waals surface area contributed by atoms with Crippen LogP contribution < -0.4 is 0 Å². The van der Waals surface area contributed by atoms with Crippen LogP contribution in [0.5, 0.6) is 0 Å². The van der Waals surface area contributed by atoms with Crippen LogP contribution in [-0.4, -0.2) is 11.1 Å². The molecule has 0 bridgehead atoms. The van der Waals surface area contributed by atoms with Crippen molar-refractivity contribution in [2.45, 2.75) is 32.6 Å². The van der Waals surface area contributed by atoms with Gasteiger partial charge in [-0.1, -0.05) is 25.5 Å². The predicted octanol–water partition coefficient (Wildman–Crippen LogP) is 2.01. The molecular weight excluding hydrogens is 128 g/mol. The van der Waals surface area contributed by atoms with E-state index in [1.165, 1.54) is 0 Å². The van der Waals surface area contributed by atoms with E-state index in [0.717, 1.165) is 19.3 Å². The Labute approximate surface area is 61.6 Å². The Balaban J connectivity index is 3.35. The molecule has 0 spiro atoms. The Kier molecular flexibility index (Phi) is 4.63. The van der Waals surface area contributed by atoms with Gasteiger partial charge >= 0.3 is 5.97 Å². The molecule has 1 N–H and O–H groups in total. The number of aliphatic carboxylic acids is 1. The van der Waals surface area contributed by atoms with Gasteiger partial charge in [-0.15, -0.1) is 0 Å². The molecule has 0 heterocycles. The van der Waals surface area contributed by atoms with Crippen LogP contribution in [0.2, 0.25) is 0 Å². The quantitative estimate of drug-likeness (QED) is 0.635. The summed E-state index contributed by atoms with van der Waals surface area (Å²) in [7, 11) is 0. The van der Waals surface area contributed by atoms with Crippen molar-refractivity contribution in [3.8, 4) is 0 Å². The smallest absolute Gasteiger partial charge is 0.307 e. The zero-order valence-corrected chi connectivity index (χ0v) is 6.26. The van der Waals surface area contributed by atoms with E-state index in [2.05, 4.69) is 0 Å². The molecule has 0 aromatic heterocycles. The monoisotopic (exact) mass is 141 g/mol. The maximum absolute atomic E-state index is 10.1. The van der Waals surface area contributed by atoms with Gasteiger partial charge in [-0.25, -0.2) is 0 Å². The topological polar surface area (TPSA) is 37.3 Å². The summed E-state index contributed by atoms with van der Waals surface area (Å²) in [6.07, 6.45) is 2.79. The van der Waals surface area contributed by atoms with Crippen molar-refractivity contribution in [2.75, 3.05) is 0 Å². The minimum atomic E-state index is -0.839. The van der Waals surface area contributed by atoms with Crippen LogP contribution in [0.25, 0.3) is 0 Å². The Bertz CT molecular complexity index is 127.